The van der Waals surface area contributed by atoms with E-state index in [9.17, 15) is 14.7 Å². The highest BCUT2D eigenvalue weighted by molar-refractivity contribution is 5.83. The van der Waals surface area contributed by atoms with Gasteiger partial charge in [0.25, 0.3) is 0 Å². The quantitative estimate of drug-likeness (QED) is 0.658. The fourth-order valence-corrected chi connectivity index (χ4v) is 3.14. The van der Waals surface area contributed by atoms with E-state index in [0.29, 0.717) is 25.3 Å². The normalized spacial score (nSPS) is 22.3. The zero-order chi connectivity index (χ0) is 15.7. The summed E-state index contributed by atoms with van der Waals surface area (Å²) in [6.45, 7) is 4.90. The number of piperidine rings is 1. The first-order chi connectivity index (χ1) is 10.1. The average molecular weight is 297 g/mol. The predicted molar refractivity (Wildman–Crippen MR) is 84.1 cm³/mol. The first kappa shape index (κ1) is 18.0. The van der Waals surface area contributed by atoms with E-state index in [2.05, 4.69) is 13.8 Å². The summed E-state index contributed by atoms with van der Waals surface area (Å²) >= 11 is 0. The molecule has 0 saturated carbocycles. The fourth-order valence-electron chi connectivity index (χ4n) is 3.14. The number of hydrogen-bond donors (Lipinski definition) is 1. The molecule has 0 aromatic heterocycles. The molecule has 0 aliphatic carbocycles. The van der Waals surface area contributed by atoms with Gasteiger partial charge in [-0.3, -0.25) is 4.79 Å². The van der Waals surface area contributed by atoms with Gasteiger partial charge in [-0.05, 0) is 25.2 Å². The predicted octanol–water partition coefficient (Wildman–Crippen LogP) is 3.84. The molecule has 0 aromatic rings. The Bertz CT molecular complexity index is 330. The van der Waals surface area contributed by atoms with Gasteiger partial charge in [0, 0.05) is 13.0 Å². The van der Waals surface area contributed by atoms with E-state index in [4.69, 9.17) is 0 Å². The second kappa shape index (κ2) is 9.80. The molecule has 4 nitrogen and oxygen atoms in total. The van der Waals surface area contributed by atoms with Crippen molar-refractivity contribution in [2.24, 2.45) is 5.92 Å². The minimum Gasteiger partial charge on any atom is -0.480 e. The lowest BCUT2D eigenvalue weighted by molar-refractivity contribution is -0.153. The Morgan fingerprint density at radius 3 is 2.38 bits per heavy atom. The number of carboxylic acid groups (broad SMARTS) is 1. The third-order valence-electron chi connectivity index (χ3n) is 4.64. The smallest absolute Gasteiger partial charge is 0.326 e. The first-order valence-electron chi connectivity index (χ1n) is 8.62. The van der Waals surface area contributed by atoms with Crippen LogP contribution in [0.4, 0.5) is 0 Å². The largest absolute Gasteiger partial charge is 0.480 e. The van der Waals surface area contributed by atoms with Gasteiger partial charge < -0.3 is 10.0 Å². The zero-order valence-corrected chi connectivity index (χ0v) is 13.6. The van der Waals surface area contributed by atoms with Crippen LogP contribution in [0.2, 0.25) is 0 Å². The minimum atomic E-state index is -0.843. The topological polar surface area (TPSA) is 57.6 Å². The molecule has 1 fully saturated rings. The Morgan fingerprint density at radius 2 is 1.76 bits per heavy atom. The molecule has 2 unspecified atom stereocenters. The number of nitrogens with zero attached hydrogens (tertiary/aromatic N) is 1. The molecule has 1 heterocycles. The van der Waals surface area contributed by atoms with Crippen LogP contribution in [0.25, 0.3) is 0 Å². The standard InChI is InChI=1S/C17H31NO3/c1-3-5-6-7-8-9-10-16(19)18-12-11-14(4-2)13-15(18)17(20)21/h14-15H,3-13H2,1-2H3,(H,20,21). The van der Waals surface area contributed by atoms with E-state index < -0.39 is 12.0 Å². The summed E-state index contributed by atoms with van der Waals surface area (Å²) < 4.78 is 0. The Kier molecular flexibility index (Phi) is 8.40. The van der Waals surface area contributed by atoms with E-state index in [1.807, 2.05) is 0 Å². The maximum Gasteiger partial charge on any atom is 0.326 e. The van der Waals surface area contributed by atoms with Crippen LogP contribution in [-0.4, -0.2) is 34.5 Å². The summed E-state index contributed by atoms with van der Waals surface area (Å²) in [4.78, 5) is 25.3. The van der Waals surface area contributed by atoms with Gasteiger partial charge in [0.1, 0.15) is 6.04 Å². The lowest BCUT2D eigenvalue weighted by Gasteiger charge is -2.37. The molecule has 1 rings (SSSR count). The Hall–Kier alpha value is -1.06. The molecule has 1 amide bonds. The molecule has 2 atom stereocenters. The van der Waals surface area contributed by atoms with Gasteiger partial charge in [-0.1, -0.05) is 52.4 Å². The highest BCUT2D eigenvalue weighted by Crippen LogP contribution is 2.26. The SMILES string of the molecule is CCCCCCCCC(=O)N1CCC(CC)CC1C(=O)O. The number of likely N-dealkylation sites (tertiary alicyclic amines) is 1. The van der Waals surface area contributed by atoms with E-state index in [1.165, 1.54) is 25.7 Å². The van der Waals surface area contributed by atoms with Crippen LogP contribution < -0.4 is 0 Å². The fraction of sp³-hybridized carbons (Fsp3) is 0.882. The van der Waals surface area contributed by atoms with E-state index in [1.54, 1.807) is 4.90 Å². The van der Waals surface area contributed by atoms with Crippen LogP contribution >= 0.6 is 0 Å². The third-order valence-corrected chi connectivity index (χ3v) is 4.64. The summed E-state index contributed by atoms with van der Waals surface area (Å²) in [7, 11) is 0. The van der Waals surface area contributed by atoms with E-state index in [0.717, 1.165) is 25.7 Å². The number of carbonyl (C=O) groups is 2. The molecule has 1 saturated heterocycles. The van der Waals surface area contributed by atoms with Gasteiger partial charge in [0.05, 0.1) is 0 Å². The van der Waals surface area contributed by atoms with Crippen LogP contribution in [0.3, 0.4) is 0 Å². The number of unbranched alkanes of at least 4 members (excludes halogenated alkanes) is 5. The highest BCUT2D eigenvalue weighted by atomic mass is 16.4. The van der Waals surface area contributed by atoms with Crippen molar-refractivity contribution in [2.45, 2.75) is 84.1 Å². The van der Waals surface area contributed by atoms with Gasteiger partial charge in [-0.2, -0.15) is 0 Å². The number of amides is 1. The van der Waals surface area contributed by atoms with E-state index in [-0.39, 0.29) is 5.91 Å². The number of hydrogen-bond acceptors (Lipinski definition) is 2. The molecular weight excluding hydrogens is 266 g/mol. The summed E-state index contributed by atoms with van der Waals surface area (Å²) in [5.74, 6) is -0.360. The van der Waals surface area contributed by atoms with Crippen molar-refractivity contribution < 1.29 is 14.7 Å². The Morgan fingerprint density at radius 1 is 1.10 bits per heavy atom. The van der Waals surface area contributed by atoms with Crippen molar-refractivity contribution in [3.05, 3.63) is 0 Å². The lowest BCUT2D eigenvalue weighted by Crippen LogP contribution is -2.50. The maximum atomic E-state index is 12.3. The molecular formula is C17H31NO3. The van der Waals surface area contributed by atoms with Gasteiger partial charge in [-0.25, -0.2) is 4.79 Å². The van der Waals surface area contributed by atoms with E-state index >= 15 is 0 Å². The van der Waals surface area contributed by atoms with Gasteiger partial charge >= 0.3 is 5.97 Å². The summed E-state index contributed by atoms with van der Waals surface area (Å²) in [6, 6.07) is -0.601. The minimum absolute atomic E-state index is 0.0347. The van der Waals surface area contributed by atoms with Crippen LogP contribution in [-0.2, 0) is 9.59 Å². The number of carbonyl (C=O) groups excluding carboxylic acids is 1. The van der Waals surface area contributed by atoms with Crippen molar-refractivity contribution in [3.8, 4) is 0 Å². The molecule has 122 valence electrons. The molecule has 4 heteroatoms. The van der Waals surface area contributed by atoms with Gasteiger partial charge in [0.2, 0.25) is 5.91 Å². The van der Waals surface area contributed by atoms with Crippen molar-refractivity contribution in [3.63, 3.8) is 0 Å². The van der Waals surface area contributed by atoms with Gasteiger partial charge in [0.15, 0.2) is 0 Å². The molecule has 1 aliphatic rings. The van der Waals surface area contributed by atoms with Crippen LogP contribution in [0.5, 0.6) is 0 Å². The maximum absolute atomic E-state index is 12.3. The summed E-state index contributed by atoms with van der Waals surface area (Å²) in [5, 5.41) is 9.35. The molecule has 0 bridgehead atoms. The Balaban J connectivity index is 2.35. The molecule has 1 aliphatic heterocycles. The number of aliphatic carboxylic acids is 1. The summed E-state index contributed by atoms with van der Waals surface area (Å²) in [5.41, 5.74) is 0. The number of carboxylic acids is 1. The lowest BCUT2D eigenvalue weighted by atomic mass is 9.88. The summed E-state index contributed by atoms with van der Waals surface area (Å²) in [6.07, 6.45) is 9.96. The zero-order valence-electron chi connectivity index (χ0n) is 13.6. The molecule has 1 N–H and O–H groups in total. The van der Waals surface area contributed by atoms with Crippen molar-refractivity contribution in [1.82, 2.24) is 4.90 Å². The van der Waals surface area contributed by atoms with Gasteiger partial charge in [-0.15, -0.1) is 0 Å². The molecule has 0 aromatic carbocycles. The van der Waals surface area contributed by atoms with Crippen LogP contribution in [0, 0.1) is 5.92 Å². The number of rotatable bonds is 9. The molecule has 0 radical (unpaired) electrons. The molecule has 0 spiro atoms. The highest BCUT2D eigenvalue weighted by Gasteiger charge is 2.35. The monoisotopic (exact) mass is 297 g/mol. The molecule has 21 heavy (non-hydrogen) atoms. The van der Waals surface area contributed by atoms with Crippen molar-refractivity contribution >= 4 is 11.9 Å². The van der Waals surface area contributed by atoms with Crippen molar-refractivity contribution in [1.29, 1.82) is 0 Å². The first-order valence-corrected chi connectivity index (χ1v) is 8.62. The van der Waals surface area contributed by atoms with Crippen molar-refractivity contribution in [2.75, 3.05) is 6.54 Å². The second-order valence-electron chi connectivity index (χ2n) is 6.26. The second-order valence-corrected chi connectivity index (χ2v) is 6.26. The Labute approximate surface area is 128 Å². The average Bonchev–Trinajstić information content (AvgIpc) is 2.49. The van der Waals surface area contributed by atoms with Crippen LogP contribution in [0.15, 0.2) is 0 Å². The third kappa shape index (κ3) is 6.06. The van der Waals surface area contributed by atoms with Crippen LogP contribution in [0.1, 0.15) is 78.1 Å².